The lowest BCUT2D eigenvalue weighted by atomic mass is 10.0. The highest BCUT2D eigenvalue weighted by Gasteiger charge is 2.16. The van der Waals surface area contributed by atoms with Gasteiger partial charge < -0.3 is 14.6 Å². The van der Waals surface area contributed by atoms with E-state index >= 15 is 0 Å². The fourth-order valence-corrected chi connectivity index (χ4v) is 1.77. The Hall–Kier alpha value is -2.07. The van der Waals surface area contributed by atoms with Crippen molar-refractivity contribution in [3.8, 4) is 11.6 Å². The van der Waals surface area contributed by atoms with E-state index < -0.39 is 6.10 Å². The maximum Gasteiger partial charge on any atom is 0.219 e. The molecular weight excluding hydrogens is 230 g/mol. The van der Waals surface area contributed by atoms with Crippen LogP contribution in [0.2, 0.25) is 0 Å². The molecule has 0 saturated heterocycles. The van der Waals surface area contributed by atoms with Crippen molar-refractivity contribution in [3.05, 3.63) is 53.7 Å². The van der Waals surface area contributed by atoms with Gasteiger partial charge in [0.15, 0.2) is 0 Å². The molecular formula is C14H15NO3. The Morgan fingerprint density at radius 2 is 1.94 bits per heavy atom. The molecule has 18 heavy (non-hydrogen) atoms. The van der Waals surface area contributed by atoms with Gasteiger partial charge >= 0.3 is 0 Å². The van der Waals surface area contributed by atoms with Crippen molar-refractivity contribution in [2.75, 3.05) is 14.2 Å². The average molecular weight is 245 g/mol. The van der Waals surface area contributed by atoms with Crippen molar-refractivity contribution >= 4 is 0 Å². The predicted octanol–water partition coefficient (Wildman–Crippen LogP) is 2.18. The number of hydrogen-bond acceptors (Lipinski definition) is 4. The normalized spacial score (nSPS) is 11.9. The highest BCUT2D eigenvalue weighted by atomic mass is 16.5. The van der Waals surface area contributed by atoms with Crippen LogP contribution >= 0.6 is 0 Å². The van der Waals surface area contributed by atoms with Crippen LogP contribution in [0, 0.1) is 0 Å². The molecule has 1 N–H and O–H groups in total. The zero-order chi connectivity index (χ0) is 13.0. The van der Waals surface area contributed by atoms with Gasteiger partial charge in [0.1, 0.15) is 11.9 Å². The molecule has 0 aliphatic rings. The first-order chi connectivity index (χ1) is 8.76. The molecule has 0 saturated carbocycles. The maximum absolute atomic E-state index is 10.3. The first-order valence-corrected chi connectivity index (χ1v) is 5.57. The summed E-state index contributed by atoms with van der Waals surface area (Å²) in [6, 6.07) is 10.8. The number of aliphatic hydroxyl groups excluding tert-OH is 1. The van der Waals surface area contributed by atoms with Gasteiger partial charge in [-0.1, -0.05) is 12.1 Å². The van der Waals surface area contributed by atoms with Crippen LogP contribution in [0.1, 0.15) is 17.2 Å². The molecule has 0 radical (unpaired) electrons. The topological polar surface area (TPSA) is 51.6 Å². The number of benzene rings is 1. The molecule has 1 atom stereocenters. The van der Waals surface area contributed by atoms with E-state index in [2.05, 4.69) is 4.98 Å². The van der Waals surface area contributed by atoms with Crippen molar-refractivity contribution in [2.24, 2.45) is 0 Å². The summed E-state index contributed by atoms with van der Waals surface area (Å²) in [4.78, 5) is 4.07. The monoisotopic (exact) mass is 245 g/mol. The van der Waals surface area contributed by atoms with Gasteiger partial charge in [-0.3, -0.25) is 0 Å². The van der Waals surface area contributed by atoms with Crippen LogP contribution in [0.15, 0.2) is 42.6 Å². The summed E-state index contributed by atoms with van der Waals surface area (Å²) in [5.74, 6) is 1.13. The number of hydrogen-bond donors (Lipinski definition) is 1. The highest BCUT2D eigenvalue weighted by Crippen LogP contribution is 2.29. The summed E-state index contributed by atoms with van der Waals surface area (Å²) in [6.07, 6.45) is 0.837. The van der Waals surface area contributed by atoms with Gasteiger partial charge in [0.25, 0.3) is 0 Å². The Morgan fingerprint density at radius 3 is 2.67 bits per heavy atom. The molecule has 94 valence electrons. The summed E-state index contributed by atoms with van der Waals surface area (Å²) in [7, 11) is 3.13. The van der Waals surface area contributed by atoms with E-state index in [9.17, 15) is 5.11 Å². The second-order valence-electron chi connectivity index (χ2n) is 3.78. The Kier molecular flexibility index (Phi) is 3.79. The van der Waals surface area contributed by atoms with E-state index in [1.807, 2.05) is 18.2 Å². The summed E-state index contributed by atoms with van der Waals surface area (Å²) in [5.41, 5.74) is 1.37. The van der Waals surface area contributed by atoms with Crippen LogP contribution in [0.3, 0.4) is 0 Å². The van der Waals surface area contributed by atoms with Crippen molar-refractivity contribution in [1.29, 1.82) is 0 Å². The Bertz CT molecular complexity index is 528. The largest absolute Gasteiger partial charge is 0.497 e. The second-order valence-corrected chi connectivity index (χ2v) is 3.78. The van der Waals surface area contributed by atoms with Crippen LogP contribution in [-0.2, 0) is 0 Å². The molecule has 0 aliphatic carbocycles. The van der Waals surface area contributed by atoms with Gasteiger partial charge in [0.05, 0.1) is 14.2 Å². The minimum Gasteiger partial charge on any atom is -0.497 e. The van der Waals surface area contributed by atoms with Crippen LogP contribution in [0.5, 0.6) is 11.6 Å². The van der Waals surface area contributed by atoms with E-state index in [1.165, 1.54) is 7.11 Å². The smallest absolute Gasteiger partial charge is 0.219 e. The maximum atomic E-state index is 10.3. The van der Waals surface area contributed by atoms with E-state index in [-0.39, 0.29) is 0 Å². The van der Waals surface area contributed by atoms with Crippen LogP contribution in [-0.4, -0.2) is 24.3 Å². The van der Waals surface area contributed by atoms with E-state index in [4.69, 9.17) is 9.47 Å². The van der Waals surface area contributed by atoms with Gasteiger partial charge in [-0.2, -0.15) is 0 Å². The Morgan fingerprint density at radius 1 is 1.11 bits per heavy atom. The third kappa shape index (κ3) is 2.43. The molecule has 0 aliphatic heterocycles. The van der Waals surface area contributed by atoms with Gasteiger partial charge in [0.2, 0.25) is 5.88 Å². The van der Waals surface area contributed by atoms with Crippen molar-refractivity contribution in [1.82, 2.24) is 4.98 Å². The number of aliphatic hydroxyl groups is 1. The number of aromatic nitrogens is 1. The van der Waals surface area contributed by atoms with Crippen LogP contribution < -0.4 is 9.47 Å². The molecule has 0 fully saturated rings. The van der Waals surface area contributed by atoms with Crippen LogP contribution in [0.25, 0.3) is 0 Å². The molecule has 2 aromatic rings. The van der Waals surface area contributed by atoms with Gasteiger partial charge in [-0.25, -0.2) is 4.98 Å². The number of ether oxygens (including phenoxy) is 2. The first-order valence-electron chi connectivity index (χ1n) is 5.57. The quantitative estimate of drug-likeness (QED) is 0.897. The van der Waals surface area contributed by atoms with Crippen molar-refractivity contribution < 1.29 is 14.6 Å². The minimum atomic E-state index is -0.788. The first kappa shape index (κ1) is 12.4. The fraction of sp³-hybridized carbons (Fsp3) is 0.214. The molecule has 0 amide bonds. The molecule has 2 rings (SSSR count). The number of rotatable bonds is 4. The zero-order valence-corrected chi connectivity index (χ0v) is 10.3. The molecule has 1 unspecified atom stereocenters. The van der Waals surface area contributed by atoms with Gasteiger partial charge in [-0.05, 0) is 29.8 Å². The standard InChI is InChI=1S/C14H15NO3/c1-17-11-6-3-5-10(9-11)13(16)12-7-4-8-15-14(12)18-2/h3-9,13,16H,1-2H3. The molecule has 1 aromatic heterocycles. The SMILES string of the molecule is COc1cccc(C(O)c2cccnc2OC)c1. The van der Waals surface area contributed by atoms with Crippen molar-refractivity contribution in [2.45, 2.75) is 6.10 Å². The second kappa shape index (κ2) is 5.51. The minimum absolute atomic E-state index is 0.424. The molecule has 4 heteroatoms. The zero-order valence-electron chi connectivity index (χ0n) is 10.3. The van der Waals surface area contributed by atoms with Crippen molar-refractivity contribution in [3.63, 3.8) is 0 Å². The van der Waals surface area contributed by atoms with E-state index in [0.717, 1.165) is 5.56 Å². The summed E-state index contributed by atoms with van der Waals surface area (Å²) in [5, 5.41) is 10.3. The molecule has 1 heterocycles. The molecule has 0 spiro atoms. The summed E-state index contributed by atoms with van der Waals surface area (Å²) < 4.78 is 10.3. The molecule has 1 aromatic carbocycles. The van der Waals surface area contributed by atoms with Gasteiger partial charge in [-0.15, -0.1) is 0 Å². The van der Waals surface area contributed by atoms with E-state index in [0.29, 0.717) is 17.2 Å². The number of nitrogens with zero attached hydrogens (tertiary/aromatic N) is 1. The molecule has 0 bridgehead atoms. The third-order valence-electron chi connectivity index (χ3n) is 2.70. The van der Waals surface area contributed by atoms with E-state index in [1.54, 1.807) is 31.5 Å². The highest BCUT2D eigenvalue weighted by molar-refractivity contribution is 5.38. The Labute approximate surface area is 106 Å². The summed E-state index contributed by atoms with van der Waals surface area (Å²) in [6.45, 7) is 0. The number of pyridine rings is 1. The predicted molar refractivity (Wildman–Crippen MR) is 67.8 cm³/mol. The summed E-state index contributed by atoms with van der Waals surface area (Å²) >= 11 is 0. The lowest BCUT2D eigenvalue weighted by molar-refractivity contribution is 0.213. The lowest BCUT2D eigenvalue weighted by Gasteiger charge is -2.14. The van der Waals surface area contributed by atoms with Gasteiger partial charge in [0, 0.05) is 11.8 Å². The Balaban J connectivity index is 2.37. The fourth-order valence-electron chi connectivity index (χ4n) is 1.77. The number of methoxy groups -OCH3 is 2. The average Bonchev–Trinajstić information content (AvgIpc) is 2.46. The lowest BCUT2D eigenvalue weighted by Crippen LogP contribution is -2.03. The van der Waals surface area contributed by atoms with Crippen LogP contribution in [0.4, 0.5) is 0 Å². The third-order valence-corrected chi connectivity index (χ3v) is 2.70. The molecule has 4 nitrogen and oxygen atoms in total.